The minimum Gasteiger partial charge on any atom is -0.497 e. The van der Waals surface area contributed by atoms with Crippen molar-refractivity contribution < 1.29 is 32.2 Å². The van der Waals surface area contributed by atoms with E-state index >= 15 is 0 Å². The molecule has 2 amide bonds. The molecule has 10 nitrogen and oxygen atoms in total. The summed E-state index contributed by atoms with van der Waals surface area (Å²) in [6, 6.07) is 11.5. The fourth-order valence-corrected chi connectivity index (χ4v) is 5.17. The molecule has 2 aromatic rings. The number of carbonyl (C=O) groups is 2. The Hall–Kier alpha value is -3.47. The van der Waals surface area contributed by atoms with Gasteiger partial charge >= 0.3 is 0 Å². The van der Waals surface area contributed by atoms with Gasteiger partial charge in [-0.05, 0) is 63.9 Å². The zero-order valence-electron chi connectivity index (χ0n) is 23.5. The van der Waals surface area contributed by atoms with Crippen LogP contribution in [0.15, 0.2) is 42.5 Å². The van der Waals surface area contributed by atoms with E-state index < -0.39 is 21.6 Å². The highest BCUT2D eigenvalue weighted by molar-refractivity contribution is 7.92. The summed E-state index contributed by atoms with van der Waals surface area (Å²) in [6.45, 7) is 8.43. The van der Waals surface area contributed by atoms with Crippen LogP contribution in [0.1, 0.15) is 46.1 Å². The molecule has 2 aromatic carbocycles. The minimum atomic E-state index is -3.63. The maximum Gasteiger partial charge on any atom is 0.242 e. The van der Waals surface area contributed by atoms with Crippen LogP contribution in [-0.4, -0.2) is 69.8 Å². The summed E-state index contributed by atoms with van der Waals surface area (Å²) < 4.78 is 43.0. The number of ether oxygens (including phenoxy) is 3. The number of benzene rings is 2. The molecule has 0 saturated carbocycles. The molecule has 0 aliphatic carbocycles. The maximum absolute atomic E-state index is 13.5. The second kappa shape index (κ2) is 12.6. The van der Waals surface area contributed by atoms with Crippen molar-refractivity contribution in [1.82, 2.24) is 10.2 Å². The molecule has 1 aliphatic rings. The largest absolute Gasteiger partial charge is 0.497 e. The number of hydrogen-bond acceptors (Lipinski definition) is 7. The van der Waals surface area contributed by atoms with Crippen molar-refractivity contribution in [1.29, 1.82) is 0 Å². The summed E-state index contributed by atoms with van der Waals surface area (Å²) in [5.41, 5.74) is 0.780. The fraction of sp³-hybridized carbons (Fsp3) is 0.500. The molecule has 39 heavy (non-hydrogen) atoms. The van der Waals surface area contributed by atoms with Gasteiger partial charge in [-0.15, -0.1) is 0 Å². The van der Waals surface area contributed by atoms with Gasteiger partial charge in [0.25, 0.3) is 0 Å². The topological polar surface area (TPSA) is 114 Å². The Morgan fingerprint density at radius 1 is 1.08 bits per heavy atom. The first-order valence-corrected chi connectivity index (χ1v) is 14.7. The quantitative estimate of drug-likeness (QED) is 0.448. The van der Waals surface area contributed by atoms with Crippen LogP contribution in [0, 0.1) is 0 Å². The lowest BCUT2D eigenvalue weighted by atomic mass is 10.1. The fourth-order valence-electron chi connectivity index (χ4n) is 4.22. The molecule has 0 bridgehead atoms. The van der Waals surface area contributed by atoms with Crippen molar-refractivity contribution >= 4 is 27.5 Å². The monoisotopic (exact) mass is 561 g/mol. The number of carbonyl (C=O) groups excluding carboxylic acids is 2. The van der Waals surface area contributed by atoms with E-state index in [2.05, 4.69) is 5.32 Å². The molecule has 0 saturated heterocycles. The zero-order chi connectivity index (χ0) is 28.8. The van der Waals surface area contributed by atoms with Crippen LogP contribution in [0.25, 0.3) is 0 Å². The highest BCUT2D eigenvalue weighted by atomic mass is 32.2. The predicted octanol–water partition coefficient (Wildman–Crippen LogP) is 3.34. The van der Waals surface area contributed by atoms with Gasteiger partial charge in [0.15, 0.2) is 11.5 Å². The molecule has 3 rings (SSSR count). The van der Waals surface area contributed by atoms with Gasteiger partial charge in [-0.3, -0.25) is 13.9 Å². The molecule has 1 atom stereocenters. The van der Waals surface area contributed by atoms with Gasteiger partial charge in [-0.2, -0.15) is 0 Å². The smallest absolute Gasteiger partial charge is 0.242 e. The van der Waals surface area contributed by atoms with Crippen molar-refractivity contribution in [3.8, 4) is 17.2 Å². The molecule has 11 heteroatoms. The van der Waals surface area contributed by atoms with E-state index in [1.54, 1.807) is 32.2 Å². The standard InChI is InChI=1S/C28H39N3O7S/c1-20(27(33)29-28(2,3)4)30(19-21-9-7-10-23(17-21)36-5)26(32)11-8-14-31(39(6,34)35)22-12-13-24-25(18-22)38-16-15-37-24/h7,9-10,12-13,17-18,20H,8,11,14-16,19H2,1-6H3,(H,29,33)/t20-/m0/s1. The number of sulfonamides is 1. The average Bonchev–Trinajstić information content (AvgIpc) is 2.87. The molecule has 1 aliphatic heterocycles. The average molecular weight is 562 g/mol. The number of hydrogen-bond donors (Lipinski definition) is 1. The van der Waals surface area contributed by atoms with E-state index in [1.807, 2.05) is 45.0 Å². The molecule has 1 heterocycles. The zero-order valence-corrected chi connectivity index (χ0v) is 24.3. The number of methoxy groups -OCH3 is 1. The van der Waals surface area contributed by atoms with Gasteiger partial charge in [0.2, 0.25) is 21.8 Å². The number of anilines is 1. The molecule has 0 fully saturated rings. The number of amides is 2. The van der Waals surface area contributed by atoms with Crippen molar-refractivity contribution in [2.75, 3.05) is 37.4 Å². The Kier molecular flexibility index (Phi) is 9.71. The number of nitrogens with one attached hydrogen (secondary N) is 1. The van der Waals surface area contributed by atoms with E-state index in [-0.39, 0.29) is 37.7 Å². The van der Waals surface area contributed by atoms with Crippen molar-refractivity contribution in [2.45, 2.75) is 58.7 Å². The molecule has 0 radical (unpaired) electrons. The van der Waals surface area contributed by atoms with Crippen LogP contribution in [0.3, 0.4) is 0 Å². The Labute approximate surface area is 231 Å². The van der Waals surface area contributed by atoms with Gasteiger partial charge in [-0.1, -0.05) is 12.1 Å². The molecule has 1 N–H and O–H groups in total. The van der Waals surface area contributed by atoms with Crippen LogP contribution in [0.2, 0.25) is 0 Å². The van der Waals surface area contributed by atoms with E-state index in [0.717, 1.165) is 11.8 Å². The number of fused-ring (bicyclic) bond motifs is 1. The Bertz CT molecular complexity index is 1270. The summed E-state index contributed by atoms with van der Waals surface area (Å²) in [5.74, 6) is 1.16. The van der Waals surface area contributed by atoms with Gasteiger partial charge < -0.3 is 24.4 Å². The predicted molar refractivity (Wildman–Crippen MR) is 150 cm³/mol. The van der Waals surface area contributed by atoms with E-state index in [9.17, 15) is 18.0 Å². The van der Waals surface area contributed by atoms with Crippen LogP contribution in [-0.2, 0) is 26.2 Å². The Balaban J connectivity index is 1.76. The van der Waals surface area contributed by atoms with Crippen LogP contribution < -0.4 is 23.8 Å². The van der Waals surface area contributed by atoms with Gasteiger partial charge in [0, 0.05) is 31.1 Å². The second-order valence-electron chi connectivity index (χ2n) is 10.6. The van der Waals surface area contributed by atoms with Crippen LogP contribution in [0.4, 0.5) is 5.69 Å². The highest BCUT2D eigenvalue weighted by Crippen LogP contribution is 2.34. The second-order valence-corrected chi connectivity index (χ2v) is 12.5. The summed E-state index contributed by atoms with van der Waals surface area (Å²) >= 11 is 0. The highest BCUT2D eigenvalue weighted by Gasteiger charge is 2.29. The molecule has 0 aromatic heterocycles. The van der Waals surface area contributed by atoms with E-state index in [4.69, 9.17) is 14.2 Å². The normalized spacial score (nSPS) is 13.8. The van der Waals surface area contributed by atoms with Gasteiger partial charge in [0.05, 0.1) is 19.1 Å². The first-order chi connectivity index (χ1) is 18.3. The van der Waals surface area contributed by atoms with Crippen LogP contribution in [0.5, 0.6) is 17.2 Å². The SMILES string of the molecule is COc1cccc(CN(C(=O)CCCN(c2ccc3c(c2)OCCO3)S(C)(=O)=O)[C@@H](C)C(=O)NC(C)(C)C)c1. The summed E-state index contributed by atoms with van der Waals surface area (Å²) in [5, 5.41) is 2.94. The summed E-state index contributed by atoms with van der Waals surface area (Å²) in [4.78, 5) is 28.0. The van der Waals surface area contributed by atoms with Gasteiger partial charge in [0.1, 0.15) is 25.0 Å². The molecule has 0 unspecified atom stereocenters. The Morgan fingerprint density at radius 2 is 1.77 bits per heavy atom. The minimum absolute atomic E-state index is 0.0493. The first kappa shape index (κ1) is 30.1. The lowest BCUT2D eigenvalue weighted by Crippen LogP contribution is -2.52. The maximum atomic E-state index is 13.5. The van der Waals surface area contributed by atoms with Crippen molar-refractivity contribution in [3.05, 3.63) is 48.0 Å². The van der Waals surface area contributed by atoms with E-state index in [0.29, 0.717) is 36.1 Å². The summed E-state index contributed by atoms with van der Waals surface area (Å²) in [6.07, 6.45) is 1.43. The van der Waals surface area contributed by atoms with E-state index in [1.165, 1.54) is 9.21 Å². The first-order valence-electron chi connectivity index (χ1n) is 12.9. The molecule has 0 spiro atoms. The Morgan fingerprint density at radius 3 is 2.41 bits per heavy atom. The van der Waals surface area contributed by atoms with Crippen molar-refractivity contribution in [3.63, 3.8) is 0 Å². The van der Waals surface area contributed by atoms with Gasteiger partial charge in [-0.25, -0.2) is 8.42 Å². The lowest BCUT2D eigenvalue weighted by molar-refractivity contribution is -0.141. The molecular formula is C28H39N3O7S. The molecule has 214 valence electrons. The third kappa shape index (κ3) is 8.51. The number of rotatable bonds is 11. The van der Waals surface area contributed by atoms with Crippen LogP contribution >= 0.6 is 0 Å². The molecular weight excluding hydrogens is 522 g/mol. The third-order valence-corrected chi connectivity index (χ3v) is 7.31. The van der Waals surface area contributed by atoms with Crippen molar-refractivity contribution in [2.24, 2.45) is 0 Å². The third-order valence-electron chi connectivity index (χ3n) is 6.12. The summed E-state index contributed by atoms with van der Waals surface area (Å²) in [7, 11) is -2.07. The number of nitrogens with zero attached hydrogens (tertiary/aromatic N) is 2. The lowest BCUT2D eigenvalue weighted by Gasteiger charge is -2.32.